The van der Waals surface area contributed by atoms with Crippen LogP contribution in [-0.4, -0.2) is 25.9 Å². The van der Waals surface area contributed by atoms with Crippen LogP contribution in [0.3, 0.4) is 0 Å². The number of amides is 1. The summed E-state index contributed by atoms with van der Waals surface area (Å²) in [4.78, 5) is 17.8. The number of carbonyl (C=O) groups is 1. The van der Waals surface area contributed by atoms with E-state index in [1.807, 2.05) is 96.5 Å². The van der Waals surface area contributed by atoms with Gasteiger partial charge in [0.15, 0.2) is 0 Å². The molecule has 4 aromatic rings. The van der Waals surface area contributed by atoms with Gasteiger partial charge in [0.05, 0.1) is 10.9 Å². The van der Waals surface area contributed by atoms with E-state index in [0.29, 0.717) is 11.1 Å². The molecule has 1 saturated carbocycles. The molecule has 1 aliphatic carbocycles. The third-order valence-electron chi connectivity index (χ3n) is 5.48. The first-order chi connectivity index (χ1) is 15.7. The highest BCUT2D eigenvalue weighted by atomic mass is 32.2. The van der Waals surface area contributed by atoms with Crippen LogP contribution in [0.1, 0.15) is 31.5 Å². The molecule has 1 heterocycles. The summed E-state index contributed by atoms with van der Waals surface area (Å²) in [6, 6.07) is 28.0. The van der Waals surface area contributed by atoms with Crippen molar-refractivity contribution in [1.82, 2.24) is 14.8 Å². The molecular weight excluding hydrogens is 416 g/mol. The summed E-state index contributed by atoms with van der Waals surface area (Å²) in [5.74, 6) is 1.38. The van der Waals surface area contributed by atoms with Crippen molar-refractivity contribution in [3.05, 3.63) is 90.8 Å². The van der Waals surface area contributed by atoms with Crippen molar-refractivity contribution in [3.8, 4) is 16.8 Å². The molecule has 0 radical (unpaired) electrons. The van der Waals surface area contributed by atoms with Gasteiger partial charge in [0, 0.05) is 17.2 Å². The zero-order valence-electron chi connectivity index (χ0n) is 17.8. The Bertz CT molecular complexity index is 1220. The van der Waals surface area contributed by atoms with E-state index in [-0.39, 0.29) is 11.2 Å². The van der Waals surface area contributed by atoms with Gasteiger partial charge in [0.25, 0.3) is 0 Å². The Labute approximate surface area is 191 Å². The average molecular weight is 441 g/mol. The van der Waals surface area contributed by atoms with E-state index in [2.05, 4.69) is 5.32 Å². The third-order valence-corrected chi connectivity index (χ3v) is 6.43. The zero-order valence-corrected chi connectivity index (χ0v) is 18.6. The van der Waals surface area contributed by atoms with Crippen molar-refractivity contribution in [1.29, 1.82) is 0 Å². The van der Waals surface area contributed by atoms with Gasteiger partial charge in [-0.1, -0.05) is 78.5 Å². The van der Waals surface area contributed by atoms with Gasteiger partial charge in [-0.05, 0) is 43.5 Å². The number of rotatable bonds is 7. The monoisotopic (exact) mass is 440 g/mol. The topological polar surface area (TPSA) is 59.8 Å². The first kappa shape index (κ1) is 20.5. The Morgan fingerprint density at radius 1 is 0.969 bits per heavy atom. The van der Waals surface area contributed by atoms with Crippen LogP contribution < -0.4 is 5.32 Å². The smallest absolute Gasteiger partial charge is 0.237 e. The number of nitrogens with one attached hydrogen (secondary N) is 1. The maximum Gasteiger partial charge on any atom is 0.237 e. The van der Waals surface area contributed by atoms with Crippen LogP contribution in [0.4, 0.5) is 5.69 Å². The van der Waals surface area contributed by atoms with E-state index >= 15 is 0 Å². The molecular formula is C26H24N4OS. The van der Waals surface area contributed by atoms with Crippen LogP contribution >= 0.6 is 11.8 Å². The Hall–Kier alpha value is -3.38. The molecule has 0 spiro atoms. The molecule has 5 rings (SSSR count). The van der Waals surface area contributed by atoms with Crippen LogP contribution in [-0.2, 0) is 4.79 Å². The molecule has 1 unspecified atom stereocenters. The standard InChI is InChI=1S/C26H24N4OS/c1-18(25(31)27-23-15-9-8-14-22(23)19-10-4-2-5-11-19)32-26-28-24(20-16-17-20)30(29-26)21-12-6-3-7-13-21/h2-15,18,20H,16-17H2,1H3,(H,27,31). The zero-order chi connectivity index (χ0) is 21.9. The van der Waals surface area contributed by atoms with E-state index < -0.39 is 0 Å². The van der Waals surface area contributed by atoms with Crippen LogP contribution in [0.2, 0.25) is 0 Å². The van der Waals surface area contributed by atoms with E-state index in [4.69, 9.17) is 10.1 Å². The minimum absolute atomic E-state index is 0.0672. The maximum atomic E-state index is 13.0. The Morgan fingerprint density at radius 3 is 2.34 bits per heavy atom. The number of thioether (sulfide) groups is 1. The van der Waals surface area contributed by atoms with Gasteiger partial charge in [0.2, 0.25) is 11.1 Å². The lowest BCUT2D eigenvalue weighted by atomic mass is 10.0. The lowest BCUT2D eigenvalue weighted by Crippen LogP contribution is -2.22. The van der Waals surface area contributed by atoms with Gasteiger partial charge < -0.3 is 5.32 Å². The van der Waals surface area contributed by atoms with Crippen LogP contribution in [0, 0.1) is 0 Å². The van der Waals surface area contributed by atoms with E-state index in [0.717, 1.165) is 41.2 Å². The normalized spacial score (nSPS) is 14.2. The second-order valence-corrected chi connectivity index (χ2v) is 9.24. The molecule has 0 aliphatic heterocycles. The van der Waals surface area contributed by atoms with Gasteiger partial charge in [-0.15, -0.1) is 5.10 Å². The van der Waals surface area contributed by atoms with Crippen LogP contribution in [0.5, 0.6) is 0 Å². The summed E-state index contributed by atoms with van der Waals surface area (Å²) in [5.41, 5.74) is 3.88. The Kier molecular flexibility index (Phi) is 5.77. The number of hydrogen-bond donors (Lipinski definition) is 1. The summed E-state index contributed by atoms with van der Waals surface area (Å²) >= 11 is 1.39. The third kappa shape index (κ3) is 4.46. The number of para-hydroxylation sites is 2. The fourth-order valence-corrected chi connectivity index (χ4v) is 4.38. The maximum absolute atomic E-state index is 13.0. The summed E-state index contributed by atoms with van der Waals surface area (Å²) in [6.45, 7) is 1.89. The second kappa shape index (κ2) is 9.01. The SMILES string of the molecule is CC(Sc1nc(C2CC2)n(-c2ccccc2)n1)C(=O)Nc1ccccc1-c1ccccc1. The first-order valence-electron chi connectivity index (χ1n) is 10.8. The molecule has 0 saturated heterocycles. The predicted molar refractivity (Wildman–Crippen MR) is 129 cm³/mol. The van der Waals surface area contributed by atoms with Crippen LogP contribution in [0.15, 0.2) is 90.1 Å². The fraction of sp³-hybridized carbons (Fsp3) is 0.192. The lowest BCUT2D eigenvalue weighted by molar-refractivity contribution is -0.115. The number of nitrogens with zero attached hydrogens (tertiary/aromatic N) is 3. The van der Waals surface area contributed by atoms with E-state index in [9.17, 15) is 4.79 Å². The van der Waals surface area contributed by atoms with Crippen molar-refractivity contribution < 1.29 is 4.79 Å². The first-order valence-corrected chi connectivity index (χ1v) is 11.7. The fourth-order valence-electron chi connectivity index (χ4n) is 3.63. The summed E-state index contributed by atoms with van der Waals surface area (Å²) in [5, 5.41) is 8.12. The quantitative estimate of drug-likeness (QED) is 0.362. The average Bonchev–Trinajstić information content (AvgIpc) is 3.60. The van der Waals surface area contributed by atoms with Crippen molar-refractivity contribution >= 4 is 23.4 Å². The van der Waals surface area contributed by atoms with Gasteiger partial charge in [-0.2, -0.15) is 0 Å². The minimum atomic E-state index is -0.336. The highest BCUT2D eigenvalue weighted by molar-refractivity contribution is 8.00. The summed E-state index contributed by atoms with van der Waals surface area (Å²) in [6.07, 6.45) is 2.28. The van der Waals surface area contributed by atoms with Gasteiger partial charge >= 0.3 is 0 Å². The molecule has 0 bridgehead atoms. The number of aromatic nitrogens is 3. The van der Waals surface area contributed by atoms with Crippen molar-refractivity contribution in [2.75, 3.05) is 5.32 Å². The molecule has 3 aromatic carbocycles. The summed E-state index contributed by atoms with van der Waals surface area (Å²) < 4.78 is 1.93. The number of anilines is 1. The highest BCUT2D eigenvalue weighted by Crippen LogP contribution is 2.40. The van der Waals surface area contributed by atoms with E-state index in [1.54, 1.807) is 0 Å². The molecule has 32 heavy (non-hydrogen) atoms. The minimum Gasteiger partial charge on any atom is -0.325 e. The Balaban J connectivity index is 1.33. The number of carbonyl (C=O) groups excluding carboxylic acids is 1. The van der Waals surface area contributed by atoms with Crippen molar-refractivity contribution in [2.24, 2.45) is 0 Å². The molecule has 160 valence electrons. The largest absolute Gasteiger partial charge is 0.325 e. The van der Waals surface area contributed by atoms with Gasteiger partial charge in [-0.25, -0.2) is 9.67 Å². The molecule has 1 atom stereocenters. The van der Waals surface area contributed by atoms with Gasteiger partial charge in [0.1, 0.15) is 5.82 Å². The Morgan fingerprint density at radius 2 is 1.62 bits per heavy atom. The molecule has 1 N–H and O–H groups in total. The lowest BCUT2D eigenvalue weighted by Gasteiger charge is -2.14. The second-order valence-electron chi connectivity index (χ2n) is 7.94. The van der Waals surface area contributed by atoms with Crippen molar-refractivity contribution in [2.45, 2.75) is 36.1 Å². The molecule has 1 aliphatic rings. The van der Waals surface area contributed by atoms with Crippen LogP contribution in [0.25, 0.3) is 16.8 Å². The van der Waals surface area contributed by atoms with Crippen molar-refractivity contribution in [3.63, 3.8) is 0 Å². The summed E-state index contributed by atoms with van der Waals surface area (Å²) in [7, 11) is 0. The number of hydrogen-bond acceptors (Lipinski definition) is 4. The molecule has 5 nitrogen and oxygen atoms in total. The highest BCUT2D eigenvalue weighted by Gasteiger charge is 2.31. The van der Waals surface area contributed by atoms with Gasteiger partial charge in [-0.3, -0.25) is 4.79 Å². The predicted octanol–water partition coefficient (Wildman–Crippen LogP) is 5.93. The number of benzene rings is 3. The van der Waals surface area contributed by atoms with E-state index in [1.165, 1.54) is 11.8 Å². The molecule has 1 amide bonds. The molecule has 1 aromatic heterocycles. The molecule has 1 fully saturated rings. The molecule has 6 heteroatoms.